The number of hydrogen-bond donors (Lipinski definition) is 1. The summed E-state index contributed by atoms with van der Waals surface area (Å²) in [4.78, 5) is 28.9. The molecule has 2 aromatic carbocycles. The molecule has 1 aliphatic rings. The standard InChI is InChI=1S/C23H22N2O2S2/c1-16(17-9-4-2-5-10-17)24-21(26)19-15-29-23(18-11-6-3-7-12-18)25(19)22(27)20-13-8-14-28-20/h2-14,16,19,23H,15H2,1H3,(H,24,26). The summed E-state index contributed by atoms with van der Waals surface area (Å²) in [5.74, 6) is 0.368. The maximum Gasteiger partial charge on any atom is 0.265 e. The maximum absolute atomic E-state index is 13.3. The molecule has 1 saturated heterocycles. The zero-order valence-electron chi connectivity index (χ0n) is 16.0. The number of hydrogen-bond acceptors (Lipinski definition) is 4. The van der Waals surface area contributed by atoms with Gasteiger partial charge < -0.3 is 10.2 Å². The van der Waals surface area contributed by atoms with Gasteiger partial charge in [-0.2, -0.15) is 0 Å². The molecule has 0 bridgehead atoms. The molecule has 4 nitrogen and oxygen atoms in total. The number of thioether (sulfide) groups is 1. The van der Waals surface area contributed by atoms with Crippen LogP contribution in [0, 0.1) is 0 Å². The van der Waals surface area contributed by atoms with Crippen molar-refractivity contribution >= 4 is 34.9 Å². The van der Waals surface area contributed by atoms with E-state index >= 15 is 0 Å². The van der Waals surface area contributed by atoms with Crippen LogP contribution >= 0.6 is 23.1 Å². The van der Waals surface area contributed by atoms with E-state index in [4.69, 9.17) is 0 Å². The van der Waals surface area contributed by atoms with Gasteiger partial charge >= 0.3 is 0 Å². The Hall–Kier alpha value is -2.57. The van der Waals surface area contributed by atoms with E-state index in [0.29, 0.717) is 10.6 Å². The lowest BCUT2D eigenvalue weighted by Gasteiger charge is -2.29. The van der Waals surface area contributed by atoms with E-state index in [-0.39, 0.29) is 23.2 Å². The molecule has 3 aromatic rings. The van der Waals surface area contributed by atoms with Crippen molar-refractivity contribution in [3.8, 4) is 0 Å². The number of thiophene rings is 1. The monoisotopic (exact) mass is 422 g/mol. The van der Waals surface area contributed by atoms with Crippen molar-refractivity contribution < 1.29 is 9.59 Å². The Labute approximate surface area is 178 Å². The lowest BCUT2D eigenvalue weighted by molar-refractivity contribution is -0.125. The van der Waals surface area contributed by atoms with Gasteiger partial charge in [-0.1, -0.05) is 66.7 Å². The van der Waals surface area contributed by atoms with Crippen LogP contribution in [-0.4, -0.2) is 28.5 Å². The van der Waals surface area contributed by atoms with Gasteiger partial charge in [0.1, 0.15) is 11.4 Å². The van der Waals surface area contributed by atoms with Gasteiger partial charge in [0.2, 0.25) is 5.91 Å². The third-order valence-corrected chi connectivity index (χ3v) is 7.19. The van der Waals surface area contributed by atoms with Crippen LogP contribution in [0.4, 0.5) is 0 Å². The highest BCUT2D eigenvalue weighted by molar-refractivity contribution is 7.99. The van der Waals surface area contributed by atoms with Crippen LogP contribution in [0.2, 0.25) is 0 Å². The highest BCUT2D eigenvalue weighted by Crippen LogP contribution is 2.42. The fraction of sp³-hybridized carbons (Fsp3) is 0.217. The Morgan fingerprint density at radius 2 is 1.69 bits per heavy atom. The normalized spacial score (nSPS) is 19.7. The Kier molecular flexibility index (Phi) is 6.02. The van der Waals surface area contributed by atoms with Crippen LogP contribution in [0.5, 0.6) is 0 Å². The first-order valence-corrected chi connectivity index (χ1v) is 11.5. The predicted molar refractivity (Wildman–Crippen MR) is 119 cm³/mol. The van der Waals surface area contributed by atoms with Crippen LogP contribution in [0.1, 0.15) is 39.1 Å². The SMILES string of the molecule is CC(NC(=O)C1CSC(c2ccccc2)N1C(=O)c1cccs1)c1ccccc1. The molecule has 0 saturated carbocycles. The summed E-state index contributed by atoms with van der Waals surface area (Å²) in [6, 6.07) is 22.8. The van der Waals surface area contributed by atoms with Gasteiger partial charge in [-0.3, -0.25) is 9.59 Å². The quantitative estimate of drug-likeness (QED) is 0.637. The van der Waals surface area contributed by atoms with Crippen LogP contribution < -0.4 is 5.32 Å². The minimum atomic E-state index is -0.508. The first kappa shape index (κ1) is 19.7. The third kappa shape index (κ3) is 4.23. The molecule has 0 radical (unpaired) electrons. The molecule has 2 amide bonds. The zero-order valence-corrected chi connectivity index (χ0v) is 17.7. The number of amides is 2. The molecule has 0 spiro atoms. The first-order chi connectivity index (χ1) is 14.1. The van der Waals surface area contributed by atoms with Gasteiger partial charge in [0.25, 0.3) is 5.91 Å². The number of carbonyl (C=O) groups is 2. The van der Waals surface area contributed by atoms with Gasteiger partial charge in [0.15, 0.2) is 0 Å². The molecule has 29 heavy (non-hydrogen) atoms. The molecule has 1 N–H and O–H groups in total. The van der Waals surface area contributed by atoms with Crippen molar-refractivity contribution in [1.82, 2.24) is 10.2 Å². The van der Waals surface area contributed by atoms with Crippen LogP contribution in [0.3, 0.4) is 0 Å². The minimum Gasteiger partial charge on any atom is -0.348 e. The van der Waals surface area contributed by atoms with Gasteiger partial charge in [-0.15, -0.1) is 23.1 Å². The second kappa shape index (κ2) is 8.84. The summed E-state index contributed by atoms with van der Waals surface area (Å²) in [6.07, 6.45) is 0. The molecule has 4 rings (SSSR count). The van der Waals surface area contributed by atoms with Gasteiger partial charge in [-0.25, -0.2) is 0 Å². The summed E-state index contributed by atoms with van der Waals surface area (Å²) in [7, 11) is 0. The fourth-order valence-corrected chi connectivity index (χ4v) is 5.59. The van der Waals surface area contributed by atoms with Gasteiger partial charge in [-0.05, 0) is 29.5 Å². The van der Waals surface area contributed by atoms with Crippen LogP contribution in [0.25, 0.3) is 0 Å². The Balaban J connectivity index is 1.59. The van der Waals surface area contributed by atoms with Crippen molar-refractivity contribution in [2.75, 3.05) is 5.75 Å². The molecular weight excluding hydrogens is 400 g/mol. The van der Waals surface area contributed by atoms with Crippen LogP contribution in [0.15, 0.2) is 78.2 Å². The number of nitrogens with one attached hydrogen (secondary N) is 1. The zero-order chi connectivity index (χ0) is 20.2. The molecule has 2 heterocycles. The van der Waals surface area contributed by atoms with Crippen molar-refractivity contribution in [1.29, 1.82) is 0 Å². The lowest BCUT2D eigenvalue weighted by atomic mass is 10.1. The van der Waals surface area contributed by atoms with E-state index in [1.54, 1.807) is 16.7 Å². The number of carbonyl (C=O) groups excluding carboxylic acids is 2. The highest BCUT2D eigenvalue weighted by atomic mass is 32.2. The summed E-state index contributed by atoms with van der Waals surface area (Å²) in [6.45, 7) is 1.97. The number of nitrogens with zero attached hydrogens (tertiary/aromatic N) is 1. The van der Waals surface area contributed by atoms with E-state index in [1.807, 2.05) is 85.1 Å². The van der Waals surface area contributed by atoms with E-state index in [0.717, 1.165) is 11.1 Å². The van der Waals surface area contributed by atoms with Crippen molar-refractivity contribution in [2.24, 2.45) is 0 Å². The van der Waals surface area contributed by atoms with E-state index in [9.17, 15) is 9.59 Å². The molecule has 1 aromatic heterocycles. The van der Waals surface area contributed by atoms with E-state index in [2.05, 4.69) is 5.32 Å². The largest absolute Gasteiger partial charge is 0.348 e. The molecule has 1 fully saturated rings. The smallest absolute Gasteiger partial charge is 0.265 e. The summed E-state index contributed by atoms with van der Waals surface area (Å²) < 4.78 is 0. The summed E-state index contributed by atoms with van der Waals surface area (Å²) in [5, 5.41) is 4.81. The summed E-state index contributed by atoms with van der Waals surface area (Å²) in [5.41, 5.74) is 2.08. The molecule has 1 aliphatic heterocycles. The van der Waals surface area contributed by atoms with Crippen molar-refractivity contribution in [3.05, 3.63) is 94.2 Å². The third-order valence-electron chi connectivity index (χ3n) is 5.01. The predicted octanol–water partition coefficient (Wildman–Crippen LogP) is 4.88. The second-order valence-electron chi connectivity index (χ2n) is 6.94. The average molecular weight is 423 g/mol. The topological polar surface area (TPSA) is 49.4 Å². The molecule has 3 unspecified atom stereocenters. The minimum absolute atomic E-state index is 0.0913. The van der Waals surface area contributed by atoms with E-state index < -0.39 is 6.04 Å². The van der Waals surface area contributed by atoms with Gasteiger partial charge in [0.05, 0.1) is 10.9 Å². The fourth-order valence-electron chi connectivity index (χ4n) is 3.49. The Morgan fingerprint density at radius 1 is 1.00 bits per heavy atom. The maximum atomic E-state index is 13.3. The molecule has 0 aliphatic carbocycles. The lowest BCUT2D eigenvalue weighted by Crippen LogP contribution is -2.48. The highest BCUT2D eigenvalue weighted by Gasteiger charge is 2.43. The molecular formula is C23H22N2O2S2. The Morgan fingerprint density at radius 3 is 2.34 bits per heavy atom. The molecule has 148 valence electrons. The number of rotatable bonds is 5. The second-order valence-corrected chi connectivity index (χ2v) is 9.00. The molecule has 6 heteroatoms. The van der Waals surface area contributed by atoms with Crippen LogP contribution in [-0.2, 0) is 4.79 Å². The molecule has 3 atom stereocenters. The average Bonchev–Trinajstić information content (AvgIpc) is 3.45. The summed E-state index contributed by atoms with van der Waals surface area (Å²) >= 11 is 3.04. The first-order valence-electron chi connectivity index (χ1n) is 9.53. The van der Waals surface area contributed by atoms with Crippen molar-refractivity contribution in [2.45, 2.75) is 24.4 Å². The van der Waals surface area contributed by atoms with Gasteiger partial charge in [0, 0.05) is 5.75 Å². The van der Waals surface area contributed by atoms with E-state index in [1.165, 1.54) is 11.3 Å². The Bertz CT molecular complexity index is 961. The number of benzene rings is 2. The van der Waals surface area contributed by atoms with Crippen molar-refractivity contribution in [3.63, 3.8) is 0 Å².